The van der Waals surface area contributed by atoms with E-state index < -0.39 is 0 Å². The third kappa shape index (κ3) is 5.18. The fraction of sp³-hybridized carbons (Fsp3) is 0.500. The summed E-state index contributed by atoms with van der Waals surface area (Å²) in [6.45, 7) is 8.89. The quantitative estimate of drug-likeness (QED) is 0.700. The van der Waals surface area contributed by atoms with Crippen molar-refractivity contribution in [3.05, 3.63) is 70.8 Å². The van der Waals surface area contributed by atoms with E-state index in [-0.39, 0.29) is 0 Å². The first-order chi connectivity index (χ1) is 12.8. The highest BCUT2D eigenvalue weighted by Gasteiger charge is 2.16. The van der Waals surface area contributed by atoms with Crippen molar-refractivity contribution in [1.29, 1.82) is 0 Å². The van der Waals surface area contributed by atoms with Crippen molar-refractivity contribution in [1.82, 2.24) is 10.2 Å². The molecule has 3 rings (SSSR count). The van der Waals surface area contributed by atoms with E-state index in [1.54, 1.807) is 11.1 Å². The maximum atomic E-state index is 3.85. The predicted octanol–water partition coefficient (Wildman–Crippen LogP) is 4.78. The molecule has 0 amide bonds. The van der Waals surface area contributed by atoms with Crippen LogP contribution in [0, 0.1) is 0 Å². The predicted molar refractivity (Wildman–Crippen MR) is 112 cm³/mol. The molecule has 0 aliphatic heterocycles. The molecule has 0 saturated carbocycles. The van der Waals surface area contributed by atoms with Gasteiger partial charge in [0.05, 0.1) is 0 Å². The summed E-state index contributed by atoms with van der Waals surface area (Å²) in [5, 5.41) is 3.85. The van der Waals surface area contributed by atoms with Crippen LogP contribution in [0.2, 0.25) is 0 Å². The fourth-order valence-corrected chi connectivity index (χ4v) is 4.06. The van der Waals surface area contributed by atoms with Gasteiger partial charge in [-0.3, -0.25) is 0 Å². The van der Waals surface area contributed by atoms with Crippen LogP contribution in [0.4, 0.5) is 0 Å². The van der Waals surface area contributed by atoms with Crippen molar-refractivity contribution in [2.75, 3.05) is 26.2 Å². The van der Waals surface area contributed by atoms with Crippen LogP contribution in [-0.2, 0) is 19.3 Å². The van der Waals surface area contributed by atoms with Gasteiger partial charge in [-0.2, -0.15) is 0 Å². The highest BCUT2D eigenvalue weighted by atomic mass is 15.1. The molecule has 0 saturated heterocycles. The summed E-state index contributed by atoms with van der Waals surface area (Å²) in [4.78, 5) is 2.49. The number of aryl methyl sites for hydroxylation is 2. The smallest absolute Gasteiger partial charge is 0.0361 e. The van der Waals surface area contributed by atoms with Gasteiger partial charge in [-0.1, -0.05) is 62.4 Å². The standard InChI is InChI=1S/C24H34N2/c1-3-26(4-2)17-16-25-24(18-20-10-6-5-7-11-20)23-15-14-21-12-8-9-13-22(21)19-23/h5-7,10-11,14-15,19,24-25H,3-4,8-9,12-13,16-18H2,1-2H3/t24-/m1/s1. The number of likely N-dealkylation sites (N-methyl/N-ethyl adjacent to an activating group) is 1. The first kappa shape index (κ1) is 19.1. The van der Waals surface area contributed by atoms with Gasteiger partial charge in [-0.05, 0) is 67.4 Å². The zero-order valence-electron chi connectivity index (χ0n) is 16.5. The van der Waals surface area contributed by atoms with Gasteiger partial charge in [-0.15, -0.1) is 0 Å². The van der Waals surface area contributed by atoms with E-state index in [4.69, 9.17) is 0 Å². The molecule has 0 unspecified atom stereocenters. The topological polar surface area (TPSA) is 15.3 Å². The van der Waals surface area contributed by atoms with E-state index in [0.29, 0.717) is 6.04 Å². The molecule has 0 aromatic heterocycles. The Kier molecular flexibility index (Phi) is 7.28. The maximum Gasteiger partial charge on any atom is 0.0361 e. The van der Waals surface area contributed by atoms with Crippen LogP contribution in [0.5, 0.6) is 0 Å². The first-order valence-corrected chi connectivity index (χ1v) is 10.4. The molecule has 2 aromatic carbocycles. The van der Waals surface area contributed by atoms with Gasteiger partial charge >= 0.3 is 0 Å². The van der Waals surface area contributed by atoms with Crippen LogP contribution in [0.25, 0.3) is 0 Å². The molecule has 0 fully saturated rings. The lowest BCUT2D eigenvalue weighted by molar-refractivity contribution is 0.296. The molecule has 1 aliphatic rings. The number of fused-ring (bicyclic) bond motifs is 1. The van der Waals surface area contributed by atoms with Crippen molar-refractivity contribution in [2.45, 2.75) is 52.0 Å². The second-order valence-electron chi connectivity index (χ2n) is 7.46. The molecule has 0 radical (unpaired) electrons. The molecule has 0 spiro atoms. The third-order valence-corrected chi connectivity index (χ3v) is 5.77. The number of benzene rings is 2. The molecule has 26 heavy (non-hydrogen) atoms. The van der Waals surface area contributed by atoms with E-state index in [1.807, 2.05) is 0 Å². The number of nitrogens with zero attached hydrogens (tertiary/aromatic N) is 1. The van der Waals surface area contributed by atoms with Crippen molar-refractivity contribution in [3.8, 4) is 0 Å². The van der Waals surface area contributed by atoms with Crippen molar-refractivity contribution in [2.24, 2.45) is 0 Å². The lowest BCUT2D eigenvalue weighted by Crippen LogP contribution is -2.34. The van der Waals surface area contributed by atoms with Gasteiger partial charge in [0.25, 0.3) is 0 Å². The van der Waals surface area contributed by atoms with E-state index in [0.717, 1.165) is 32.6 Å². The Hall–Kier alpha value is -1.64. The van der Waals surface area contributed by atoms with Crippen LogP contribution in [0.15, 0.2) is 48.5 Å². The molecule has 1 N–H and O–H groups in total. The van der Waals surface area contributed by atoms with Crippen LogP contribution in [0.3, 0.4) is 0 Å². The van der Waals surface area contributed by atoms with Crippen molar-refractivity contribution < 1.29 is 0 Å². The SMILES string of the molecule is CCN(CC)CCN[C@H](Cc1ccccc1)c1ccc2c(c1)CCCC2. The van der Waals surface area contributed by atoms with E-state index in [2.05, 4.69) is 72.6 Å². The Labute approximate surface area is 159 Å². The summed E-state index contributed by atoms with van der Waals surface area (Å²) in [7, 11) is 0. The lowest BCUT2D eigenvalue weighted by Gasteiger charge is -2.25. The molecule has 1 aliphatic carbocycles. The van der Waals surface area contributed by atoms with Crippen molar-refractivity contribution >= 4 is 0 Å². The summed E-state index contributed by atoms with van der Waals surface area (Å²) in [5.74, 6) is 0. The molecule has 2 heteroatoms. The lowest BCUT2D eigenvalue weighted by atomic mass is 9.88. The Balaban J connectivity index is 1.73. The fourth-order valence-electron chi connectivity index (χ4n) is 4.06. The largest absolute Gasteiger partial charge is 0.308 e. The molecule has 0 bridgehead atoms. The van der Waals surface area contributed by atoms with Crippen LogP contribution >= 0.6 is 0 Å². The van der Waals surface area contributed by atoms with Gasteiger partial charge in [0.2, 0.25) is 0 Å². The first-order valence-electron chi connectivity index (χ1n) is 10.4. The van der Waals surface area contributed by atoms with E-state index in [9.17, 15) is 0 Å². The number of hydrogen-bond donors (Lipinski definition) is 1. The normalized spacial score (nSPS) is 15.0. The second-order valence-corrected chi connectivity index (χ2v) is 7.46. The van der Waals surface area contributed by atoms with Gasteiger partial charge in [0.1, 0.15) is 0 Å². The second kappa shape index (κ2) is 9.89. The molecule has 2 aromatic rings. The molecule has 0 heterocycles. The molecule has 140 valence electrons. The minimum atomic E-state index is 0.389. The Morgan fingerprint density at radius 2 is 1.65 bits per heavy atom. The highest BCUT2D eigenvalue weighted by Crippen LogP contribution is 2.26. The maximum absolute atomic E-state index is 3.85. The van der Waals surface area contributed by atoms with Crippen LogP contribution in [-0.4, -0.2) is 31.1 Å². The minimum Gasteiger partial charge on any atom is -0.308 e. The Morgan fingerprint density at radius 1 is 0.923 bits per heavy atom. The van der Waals surface area contributed by atoms with Gasteiger partial charge in [0.15, 0.2) is 0 Å². The van der Waals surface area contributed by atoms with Crippen molar-refractivity contribution in [3.63, 3.8) is 0 Å². The summed E-state index contributed by atoms with van der Waals surface area (Å²) >= 11 is 0. The van der Waals surface area contributed by atoms with E-state index in [1.165, 1.54) is 36.8 Å². The zero-order chi connectivity index (χ0) is 18.2. The Morgan fingerprint density at radius 3 is 2.38 bits per heavy atom. The van der Waals surface area contributed by atoms with Gasteiger partial charge in [0, 0.05) is 19.1 Å². The van der Waals surface area contributed by atoms with Crippen LogP contribution in [0.1, 0.15) is 55.0 Å². The molecular formula is C24H34N2. The number of rotatable bonds is 9. The summed E-state index contributed by atoms with van der Waals surface area (Å²) in [5.41, 5.74) is 6.01. The zero-order valence-corrected chi connectivity index (χ0v) is 16.5. The average Bonchev–Trinajstić information content (AvgIpc) is 2.71. The third-order valence-electron chi connectivity index (χ3n) is 5.77. The summed E-state index contributed by atoms with van der Waals surface area (Å²) in [6.07, 6.45) is 6.25. The van der Waals surface area contributed by atoms with E-state index >= 15 is 0 Å². The number of nitrogens with one attached hydrogen (secondary N) is 1. The molecule has 1 atom stereocenters. The molecule has 2 nitrogen and oxygen atoms in total. The minimum absolute atomic E-state index is 0.389. The molecular weight excluding hydrogens is 316 g/mol. The Bertz CT molecular complexity index is 661. The number of hydrogen-bond acceptors (Lipinski definition) is 2. The van der Waals surface area contributed by atoms with Gasteiger partial charge in [-0.25, -0.2) is 0 Å². The monoisotopic (exact) mass is 350 g/mol. The van der Waals surface area contributed by atoms with Crippen LogP contribution < -0.4 is 5.32 Å². The highest BCUT2D eigenvalue weighted by molar-refractivity contribution is 5.36. The summed E-state index contributed by atoms with van der Waals surface area (Å²) < 4.78 is 0. The average molecular weight is 351 g/mol. The summed E-state index contributed by atoms with van der Waals surface area (Å²) in [6, 6.07) is 18.5. The van der Waals surface area contributed by atoms with Gasteiger partial charge < -0.3 is 10.2 Å².